The summed E-state index contributed by atoms with van der Waals surface area (Å²) in [6.07, 6.45) is 0.366. The van der Waals surface area contributed by atoms with Crippen LogP contribution >= 0.6 is 11.8 Å². The molecule has 0 aromatic rings. The topological polar surface area (TPSA) is 86.7 Å². The van der Waals surface area contributed by atoms with Crippen molar-refractivity contribution < 1.29 is 19.5 Å². The quantitative estimate of drug-likeness (QED) is 0.665. The van der Waals surface area contributed by atoms with Gasteiger partial charge in [-0.15, -0.1) is 11.8 Å². The van der Waals surface area contributed by atoms with Gasteiger partial charge >= 0.3 is 5.97 Å². The Morgan fingerprint density at radius 1 is 1.62 bits per heavy atom. The normalized spacial score (nSPS) is 22.9. The number of nitrogens with one attached hydrogen (secondary N) is 1. The fourth-order valence-corrected chi connectivity index (χ4v) is 2.99. The minimum atomic E-state index is -1.12. The van der Waals surface area contributed by atoms with Gasteiger partial charge in [0.05, 0.1) is 18.3 Å². The molecule has 0 aliphatic carbocycles. The van der Waals surface area contributed by atoms with Crippen LogP contribution in [0.1, 0.15) is 13.3 Å². The first-order valence-corrected chi connectivity index (χ1v) is 5.58. The maximum absolute atomic E-state index is 11.2. The summed E-state index contributed by atoms with van der Waals surface area (Å²) in [5, 5.41) is 11.5. The number of carboxylic acid groups (broad SMARTS) is 1. The number of thioether (sulfide) groups is 1. The number of hydrogen-bond acceptors (Lipinski definition) is 4. The summed E-state index contributed by atoms with van der Waals surface area (Å²) >= 11 is 1.33. The lowest BCUT2D eigenvalue weighted by molar-refractivity contribution is -0.145. The Kier molecular flexibility index (Phi) is 2.63. The lowest BCUT2D eigenvalue weighted by atomic mass is 10.1. The van der Waals surface area contributed by atoms with Crippen LogP contribution in [0.15, 0.2) is 10.6 Å². The third-order valence-electron chi connectivity index (χ3n) is 2.39. The van der Waals surface area contributed by atoms with Gasteiger partial charge in [0, 0.05) is 11.8 Å². The van der Waals surface area contributed by atoms with E-state index in [4.69, 9.17) is 5.11 Å². The smallest absolute Gasteiger partial charge is 0.353 e. The Hall–Kier alpha value is -1.50. The summed E-state index contributed by atoms with van der Waals surface area (Å²) in [7, 11) is 0. The van der Waals surface area contributed by atoms with E-state index < -0.39 is 5.97 Å². The van der Waals surface area contributed by atoms with Crippen molar-refractivity contribution in [3.8, 4) is 0 Å². The molecule has 0 aromatic heterocycles. The third kappa shape index (κ3) is 1.67. The molecule has 2 aliphatic rings. The van der Waals surface area contributed by atoms with E-state index in [2.05, 4.69) is 5.32 Å². The third-order valence-corrected chi connectivity index (χ3v) is 3.66. The molecule has 0 spiro atoms. The highest BCUT2D eigenvalue weighted by atomic mass is 32.2. The SMILES string of the molecule is CC(=O)NCC1=C(C(=O)O)N2C(=O)C[C@H]2S1. The number of aliphatic carboxylic acids is 1. The molecule has 6 nitrogen and oxygen atoms in total. The summed E-state index contributed by atoms with van der Waals surface area (Å²) in [5.74, 6) is -1.52. The Morgan fingerprint density at radius 3 is 2.81 bits per heavy atom. The van der Waals surface area contributed by atoms with Crippen molar-refractivity contribution in [2.45, 2.75) is 18.7 Å². The second-order valence-corrected chi connectivity index (χ2v) is 4.80. The minimum Gasteiger partial charge on any atom is -0.477 e. The zero-order valence-corrected chi connectivity index (χ0v) is 9.34. The van der Waals surface area contributed by atoms with Crippen LogP contribution in [0.5, 0.6) is 0 Å². The predicted octanol–water partition coefficient (Wildman–Crippen LogP) is -0.276. The molecule has 0 saturated carbocycles. The van der Waals surface area contributed by atoms with E-state index in [1.807, 2.05) is 0 Å². The van der Waals surface area contributed by atoms with Crippen LogP contribution in [0.4, 0.5) is 0 Å². The molecule has 2 amide bonds. The van der Waals surface area contributed by atoms with Crippen molar-refractivity contribution >= 4 is 29.5 Å². The lowest BCUT2D eigenvalue weighted by Crippen LogP contribution is -2.48. The molecule has 7 heteroatoms. The number of hydrogen-bond donors (Lipinski definition) is 2. The summed E-state index contributed by atoms with van der Waals surface area (Å²) in [4.78, 5) is 34.8. The zero-order chi connectivity index (χ0) is 11.9. The zero-order valence-electron chi connectivity index (χ0n) is 8.52. The maximum atomic E-state index is 11.2. The Balaban J connectivity index is 2.18. The fourth-order valence-electron chi connectivity index (χ4n) is 1.66. The molecule has 1 atom stereocenters. The number of carboxylic acids is 1. The lowest BCUT2D eigenvalue weighted by Gasteiger charge is -2.33. The standard InChI is InChI=1S/C9H10N2O4S/c1-4(12)10-3-5-8(9(14)15)11-6(13)2-7(11)16-5/h7H,2-3H2,1H3,(H,10,12)(H,14,15)/t7-/m1/s1. The average Bonchev–Trinajstić information content (AvgIpc) is 2.47. The summed E-state index contributed by atoms with van der Waals surface area (Å²) in [5.41, 5.74) is 0.0139. The van der Waals surface area contributed by atoms with Crippen molar-refractivity contribution in [2.24, 2.45) is 0 Å². The van der Waals surface area contributed by atoms with Crippen LogP contribution in [0.3, 0.4) is 0 Å². The number of fused-ring (bicyclic) bond motifs is 1. The van der Waals surface area contributed by atoms with Crippen LogP contribution in [0.2, 0.25) is 0 Å². The van der Waals surface area contributed by atoms with E-state index in [1.54, 1.807) is 0 Å². The largest absolute Gasteiger partial charge is 0.477 e. The maximum Gasteiger partial charge on any atom is 0.353 e. The average molecular weight is 242 g/mol. The van der Waals surface area contributed by atoms with Crippen molar-refractivity contribution in [2.75, 3.05) is 6.54 Å². The molecular formula is C9H10N2O4S. The Labute approximate surface area is 95.7 Å². The van der Waals surface area contributed by atoms with Gasteiger partial charge in [0.25, 0.3) is 0 Å². The number of carbonyl (C=O) groups is 3. The second-order valence-electron chi connectivity index (χ2n) is 3.53. The van der Waals surface area contributed by atoms with E-state index >= 15 is 0 Å². The first-order valence-electron chi connectivity index (χ1n) is 4.70. The van der Waals surface area contributed by atoms with Gasteiger partial charge in [-0.2, -0.15) is 0 Å². The van der Waals surface area contributed by atoms with Gasteiger partial charge in [0.15, 0.2) is 0 Å². The van der Waals surface area contributed by atoms with Gasteiger partial charge in [0.1, 0.15) is 5.70 Å². The van der Waals surface area contributed by atoms with Crippen molar-refractivity contribution in [1.29, 1.82) is 0 Å². The molecule has 1 saturated heterocycles. The molecular weight excluding hydrogens is 232 g/mol. The summed E-state index contributed by atoms with van der Waals surface area (Å²) < 4.78 is 0. The highest BCUT2D eigenvalue weighted by Crippen LogP contribution is 2.45. The number of nitrogens with zero attached hydrogens (tertiary/aromatic N) is 1. The first-order chi connectivity index (χ1) is 7.50. The Bertz CT molecular complexity index is 418. The van der Waals surface area contributed by atoms with E-state index in [0.717, 1.165) is 0 Å². The molecule has 0 unspecified atom stereocenters. The van der Waals surface area contributed by atoms with Crippen molar-refractivity contribution in [1.82, 2.24) is 10.2 Å². The molecule has 2 N–H and O–H groups in total. The molecule has 86 valence electrons. The van der Waals surface area contributed by atoms with E-state index in [9.17, 15) is 14.4 Å². The van der Waals surface area contributed by atoms with Crippen LogP contribution in [0, 0.1) is 0 Å². The van der Waals surface area contributed by atoms with Gasteiger partial charge < -0.3 is 10.4 Å². The van der Waals surface area contributed by atoms with Crippen molar-refractivity contribution in [3.05, 3.63) is 10.6 Å². The fraction of sp³-hybridized carbons (Fsp3) is 0.444. The highest BCUT2D eigenvalue weighted by Gasteiger charge is 2.48. The molecule has 0 aromatic carbocycles. The van der Waals surface area contributed by atoms with Gasteiger partial charge in [-0.25, -0.2) is 4.79 Å². The molecule has 16 heavy (non-hydrogen) atoms. The molecule has 0 radical (unpaired) electrons. The Morgan fingerprint density at radius 2 is 2.31 bits per heavy atom. The first kappa shape index (κ1) is 11.0. The van der Waals surface area contributed by atoms with Crippen molar-refractivity contribution in [3.63, 3.8) is 0 Å². The van der Waals surface area contributed by atoms with E-state index in [-0.39, 0.29) is 29.4 Å². The molecule has 0 bridgehead atoms. The van der Waals surface area contributed by atoms with Gasteiger partial charge in [0.2, 0.25) is 11.8 Å². The van der Waals surface area contributed by atoms with Gasteiger partial charge in [-0.1, -0.05) is 0 Å². The van der Waals surface area contributed by atoms with Crippen LogP contribution in [-0.2, 0) is 14.4 Å². The number of carbonyl (C=O) groups excluding carboxylic acids is 2. The summed E-state index contributed by atoms with van der Waals surface area (Å²) in [6.45, 7) is 1.53. The van der Waals surface area contributed by atoms with Gasteiger partial charge in [-0.05, 0) is 0 Å². The highest BCUT2D eigenvalue weighted by molar-refractivity contribution is 8.04. The molecule has 2 aliphatic heterocycles. The second kappa shape index (κ2) is 3.82. The van der Waals surface area contributed by atoms with Crippen LogP contribution < -0.4 is 5.32 Å². The van der Waals surface area contributed by atoms with E-state index in [0.29, 0.717) is 11.3 Å². The van der Waals surface area contributed by atoms with E-state index in [1.165, 1.54) is 23.6 Å². The summed E-state index contributed by atoms with van der Waals surface area (Å²) in [6, 6.07) is 0. The van der Waals surface area contributed by atoms with Gasteiger partial charge in [-0.3, -0.25) is 14.5 Å². The number of β-lactam (4-membered cyclic amide) rings is 1. The predicted molar refractivity (Wildman–Crippen MR) is 56.2 cm³/mol. The molecule has 1 fully saturated rings. The van der Waals surface area contributed by atoms with Crippen LogP contribution in [0.25, 0.3) is 0 Å². The molecule has 2 rings (SSSR count). The number of amides is 2. The molecule has 2 heterocycles. The number of rotatable bonds is 3. The van der Waals surface area contributed by atoms with Crippen LogP contribution in [-0.4, -0.2) is 39.7 Å². The monoisotopic (exact) mass is 242 g/mol. The minimum absolute atomic E-state index is 0.0139.